The molecule has 2 aromatic heterocycles. The molecule has 0 N–H and O–H groups in total. The SMILES string of the molecule is CCn1nc(CC(C)C)nc1-c1ccncc1C. The lowest BCUT2D eigenvalue weighted by Gasteiger charge is -2.04. The normalized spacial score (nSPS) is 11.2. The van der Waals surface area contributed by atoms with Crippen LogP contribution in [0.1, 0.15) is 32.2 Å². The van der Waals surface area contributed by atoms with Crippen LogP contribution in [0.15, 0.2) is 18.5 Å². The molecule has 0 aliphatic carbocycles. The van der Waals surface area contributed by atoms with Crippen LogP contribution >= 0.6 is 0 Å². The molecular weight excluding hydrogens is 224 g/mol. The van der Waals surface area contributed by atoms with Crippen LogP contribution in [-0.2, 0) is 13.0 Å². The molecule has 0 saturated carbocycles. The summed E-state index contributed by atoms with van der Waals surface area (Å²) in [7, 11) is 0. The van der Waals surface area contributed by atoms with Crippen molar-refractivity contribution >= 4 is 0 Å². The van der Waals surface area contributed by atoms with Crippen molar-refractivity contribution in [2.24, 2.45) is 5.92 Å². The van der Waals surface area contributed by atoms with Gasteiger partial charge in [-0.1, -0.05) is 13.8 Å². The Labute approximate surface area is 108 Å². The van der Waals surface area contributed by atoms with Crippen LogP contribution < -0.4 is 0 Å². The van der Waals surface area contributed by atoms with E-state index in [1.807, 2.05) is 16.9 Å². The Morgan fingerprint density at radius 1 is 1.33 bits per heavy atom. The fourth-order valence-corrected chi connectivity index (χ4v) is 1.98. The van der Waals surface area contributed by atoms with Crippen LogP contribution in [0.25, 0.3) is 11.4 Å². The Bertz CT molecular complexity index is 528. The van der Waals surface area contributed by atoms with E-state index in [2.05, 4.69) is 42.8 Å². The molecule has 0 radical (unpaired) electrons. The maximum absolute atomic E-state index is 4.68. The van der Waals surface area contributed by atoms with E-state index in [-0.39, 0.29) is 0 Å². The van der Waals surface area contributed by atoms with Crippen LogP contribution in [0.5, 0.6) is 0 Å². The highest BCUT2D eigenvalue weighted by molar-refractivity contribution is 5.59. The minimum absolute atomic E-state index is 0.573. The number of rotatable bonds is 4. The van der Waals surface area contributed by atoms with Gasteiger partial charge in [-0.25, -0.2) is 9.67 Å². The molecule has 2 heterocycles. The van der Waals surface area contributed by atoms with E-state index in [1.54, 1.807) is 6.20 Å². The first-order valence-corrected chi connectivity index (χ1v) is 6.46. The molecule has 4 nitrogen and oxygen atoms in total. The third-order valence-corrected chi connectivity index (χ3v) is 2.87. The average molecular weight is 244 g/mol. The van der Waals surface area contributed by atoms with Gasteiger partial charge in [-0.15, -0.1) is 0 Å². The van der Waals surface area contributed by atoms with Crippen molar-refractivity contribution in [1.29, 1.82) is 0 Å². The lowest BCUT2D eigenvalue weighted by molar-refractivity contribution is 0.598. The molecule has 18 heavy (non-hydrogen) atoms. The smallest absolute Gasteiger partial charge is 0.158 e. The molecule has 0 saturated heterocycles. The van der Waals surface area contributed by atoms with Gasteiger partial charge in [0.2, 0.25) is 0 Å². The Hall–Kier alpha value is -1.71. The molecule has 0 atom stereocenters. The Morgan fingerprint density at radius 3 is 2.72 bits per heavy atom. The first-order valence-electron chi connectivity index (χ1n) is 6.46. The van der Waals surface area contributed by atoms with Gasteiger partial charge in [0.15, 0.2) is 11.6 Å². The monoisotopic (exact) mass is 244 g/mol. The maximum atomic E-state index is 4.68. The standard InChI is InChI=1S/C14H20N4/c1-5-18-14(12-6-7-15-9-11(12)4)16-13(17-18)8-10(2)3/h6-7,9-10H,5,8H2,1-4H3. The average Bonchev–Trinajstić information content (AvgIpc) is 2.71. The number of hydrogen-bond donors (Lipinski definition) is 0. The second-order valence-corrected chi connectivity index (χ2v) is 4.96. The molecule has 0 fully saturated rings. The zero-order valence-corrected chi connectivity index (χ0v) is 11.5. The predicted molar refractivity (Wildman–Crippen MR) is 72.2 cm³/mol. The van der Waals surface area contributed by atoms with E-state index in [0.29, 0.717) is 5.92 Å². The second-order valence-electron chi connectivity index (χ2n) is 4.96. The molecule has 4 heteroatoms. The van der Waals surface area contributed by atoms with E-state index < -0.39 is 0 Å². The number of pyridine rings is 1. The van der Waals surface area contributed by atoms with Gasteiger partial charge < -0.3 is 0 Å². The van der Waals surface area contributed by atoms with Gasteiger partial charge >= 0.3 is 0 Å². The molecule has 0 unspecified atom stereocenters. The number of hydrogen-bond acceptors (Lipinski definition) is 3. The van der Waals surface area contributed by atoms with Gasteiger partial charge in [0.25, 0.3) is 0 Å². The molecule has 0 aliphatic rings. The van der Waals surface area contributed by atoms with Gasteiger partial charge in [-0.2, -0.15) is 5.10 Å². The van der Waals surface area contributed by atoms with Crippen molar-refractivity contribution in [3.8, 4) is 11.4 Å². The summed E-state index contributed by atoms with van der Waals surface area (Å²) in [5.41, 5.74) is 2.25. The lowest BCUT2D eigenvalue weighted by Crippen LogP contribution is -2.01. The summed E-state index contributed by atoms with van der Waals surface area (Å²) in [5.74, 6) is 2.45. The molecular formula is C14H20N4. The maximum Gasteiger partial charge on any atom is 0.158 e. The minimum Gasteiger partial charge on any atom is -0.264 e. The van der Waals surface area contributed by atoms with Gasteiger partial charge in [0.05, 0.1) is 0 Å². The van der Waals surface area contributed by atoms with Crippen molar-refractivity contribution in [2.45, 2.75) is 40.7 Å². The molecule has 0 amide bonds. The number of aryl methyl sites for hydroxylation is 2. The van der Waals surface area contributed by atoms with Crippen LogP contribution in [-0.4, -0.2) is 19.7 Å². The summed E-state index contributed by atoms with van der Waals surface area (Å²) in [6.07, 6.45) is 4.59. The molecule has 2 aromatic rings. The first-order chi connectivity index (χ1) is 8.61. The third-order valence-electron chi connectivity index (χ3n) is 2.87. The molecule has 0 spiro atoms. The summed E-state index contributed by atoms with van der Waals surface area (Å²) < 4.78 is 1.97. The number of aromatic nitrogens is 4. The molecule has 0 aromatic carbocycles. The minimum atomic E-state index is 0.573. The van der Waals surface area contributed by atoms with Crippen molar-refractivity contribution in [2.75, 3.05) is 0 Å². The summed E-state index contributed by atoms with van der Waals surface area (Å²) >= 11 is 0. The number of nitrogens with zero attached hydrogens (tertiary/aromatic N) is 4. The summed E-state index contributed by atoms with van der Waals surface area (Å²) in [5, 5.41) is 4.57. The summed E-state index contributed by atoms with van der Waals surface area (Å²) in [4.78, 5) is 8.80. The molecule has 0 aliphatic heterocycles. The van der Waals surface area contributed by atoms with Crippen LogP contribution in [0.2, 0.25) is 0 Å². The van der Waals surface area contributed by atoms with Crippen LogP contribution in [0, 0.1) is 12.8 Å². The molecule has 2 rings (SSSR count). The van der Waals surface area contributed by atoms with Crippen molar-refractivity contribution in [1.82, 2.24) is 19.7 Å². The van der Waals surface area contributed by atoms with Gasteiger partial charge in [0.1, 0.15) is 0 Å². The highest BCUT2D eigenvalue weighted by atomic mass is 15.3. The van der Waals surface area contributed by atoms with Gasteiger partial charge in [-0.05, 0) is 31.4 Å². The van der Waals surface area contributed by atoms with E-state index >= 15 is 0 Å². The van der Waals surface area contributed by atoms with Gasteiger partial charge in [0, 0.05) is 30.9 Å². The topological polar surface area (TPSA) is 43.6 Å². The fraction of sp³-hybridized carbons (Fsp3) is 0.500. The summed E-state index contributed by atoms with van der Waals surface area (Å²) in [6, 6.07) is 2.00. The Kier molecular flexibility index (Phi) is 3.75. The van der Waals surface area contributed by atoms with Crippen molar-refractivity contribution in [3.63, 3.8) is 0 Å². The quantitative estimate of drug-likeness (QED) is 0.830. The third kappa shape index (κ3) is 2.58. The largest absolute Gasteiger partial charge is 0.264 e. The predicted octanol–water partition coefficient (Wildman–Crippen LogP) is 2.87. The molecule has 0 bridgehead atoms. The fourth-order valence-electron chi connectivity index (χ4n) is 1.98. The molecule has 96 valence electrons. The van der Waals surface area contributed by atoms with E-state index in [4.69, 9.17) is 0 Å². The first kappa shape index (κ1) is 12.7. The Balaban J connectivity index is 2.44. The Morgan fingerprint density at radius 2 is 2.11 bits per heavy atom. The summed E-state index contributed by atoms with van der Waals surface area (Å²) in [6.45, 7) is 9.35. The highest BCUT2D eigenvalue weighted by Gasteiger charge is 2.13. The van der Waals surface area contributed by atoms with E-state index in [9.17, 15) is 0 Å². The van der Waals surface area contributed by atoms with Crippen LogP contribution in [0.3, 0.4) is 0 Å². The zero-order chi connectivity index (χ0) is 13.1. The zero-order valence-electron chi connectivity index (χ0n) is 11.5. The van der Waals surface area contributed by atoms with Crippen LogP contribution in [0.4, 0.5) is 0 Å². The van der Waals surface area contributed by atoms with Crippen molar-refractivity contribution < 1.29 is 0 Å². The highest BCUT2D eigenvalue weighted by Crippen LogP contribution is 2.21. The lowest BCUT2D eigenvalue weighted by atomic mass is 10.1. The van der Waals surface area contributed by atoms with Crippen molar-refractivity contribution in [3.05, 3.63) is 29.8 Å². The van der Waals surface area contributed by atoms with E-state index in [0.717, 1.165) is 35.7 Å². The van der Waals surface area contributed by atoms with E-state index in [1.165, 1.54) is 0 Å². The second kappa shape index (κ2) is 5.29. The van der Waals surface area contributed by atoms with Gasteiger partial charge in [-0.3, -0.25) is 4.98 Å².